The fraction of sp³-hybridized carbons (Fsp3) is 0.588. The van der Waals surface area contributed by atoms with Crippen molar-refractivity contribution in [3.63, 3.8) is 0 Å². The second kappa shape index (κ2) is 6.97. The van der Waals surface area contributed by atoms with Crippen LogP contribution in [0, 0.1) is 5.41 Å². The van der Waals surface area contributed by atoms with Crippen molar-refractivity contribution < 1.29 is 31.5 Å². The van der Waals surface area contributed by atoms with Gasteiger partial charge < -0.3 is 10.0 Å². The van der Waals surface area contributed by atoms with Gasteiger partial charge in [-0.05, 0) is 36.6 Å². The number of hydrogen-bond donors (Lipinski definition) is 1. The molecule has 6 nitrogen and oxygen atoms in total. The summed E-state index contributed by atoms with van der Waals surface area (Å²) in [7, 11) is -4.07. The number of piperazine rings is 1. The first-order valence-electron chi connectivity index (χ1n) is 8.36. The molecule has 27 heavy (non-hydrogen) atoms. The van der Waals surface area contributed by atoms with E-state index < -0.39 is 45.4 Å². The van der Waals surface area contributed by atoms with Crippen LogP contribution in [0.4, 0.5) is 18.0 Å². The molecule has 1 amide bonds. The van der Waals surface area contributed by atoms with Crippen LogP contribution in [-0.4, -0.2) is 54.0 Å². The summed E-state index contributed by atoms with van der Waals surface area (Å²) in [5.41, 5.74) is -1.47. The molecule has 0 saturated carbocycles. The molecule has 0 bridgehead atoms. The number of amides is 1. The van der Waals surface area contributed by atoms with Crippen LogP contribution in [0.1, 0.15) is 33.3 Å². The predicted octanol–water partition coefficient (Wildman–Crippen LogP) is 3.49. The van der Waals surface area contributed by atoms with Gasteiger partial charge in [0.1, 0.15) is 0 Å². The van der Waals surface area contributed by atoms with E-state index in [2.05, 4.69) is 0 Å². The Bertz CT molecular complexity index is 801. The van der Waals surface area contributed by atoms with Crippen molar-refractivity contribution in [1.29, 1.82) is 0 Å². The van der Waals surface area contributed by atoms with E-state index in [1.54, 1.807) is 6.92 Å². The fourth-order valence-electron chi connectivity index (χ4n) is 3.66. The number of benzene rings is 1. The first-order valence-corrected chi connectivity index (χ1v) is 9.80. The molecule has 2 atom stereocenters. The molecule has 10 heteroatoms. The number of halogens is 3. The Kier molecular flexibility index (Phi) is 5.55. The molecule has 1 aromatic rings. The maximum Gasteiger partial charge on any atom is 0.416 e. The number of hydrogen-bond acceptors (Lipinski definition) is 3. The Labute approximate surface area is 156 Å². The zero-order valence-corrected chi connectivity index (χ0v) is 16.3. The van der Waals surface area contributed by atoms with Crippen molar-refractivity contribution in [2.45, 2.75) is 50.9 Å². The highest BCUT2D eigenvalue weighted by Gasteiger charge is 2.46. The lowest BCUT2D eigenvalue weighted by Gasteiger charge is -2.49. The fourth-order valence-corrected chi connectivity index (χ4v) is 5.29. The van der Waals surface area contributed by atoms with E-state index in [0.29, 0.717) is 0 Å². The smallest absolute Gasteiger partial charge is 0.416 e. The summed E-state index contributed by atoms with van der Waals surface area (Å²) in [6, 6.07) is 2.04. The third-order valence-corrected chi connectivity index (χ3v) is 6.73. The van der Waals surface area contributed by atoms with E-state index in [1.807, 2.05) is 20.8 Å². The van der Waals surface area contributed by atoms with E-state index in [-0.39, 0.29) is 18.0 Å². The normalized spacial score (nSPS) is 22.7. The van der Waals surface area contributed by atoms with Gasteiger partial charge in [-0.3, -0.25) is 0 Å². The Morgan fingerprint density at radius 3 is 2.04 bits per heavy atom. The van der Waals surface area contributed by atoms with Crippen LogP contribution in [0.2, 0.25) is 0 Å². The second-order valence-corrected chi connectivity index (χ2v) is 9.56. The summed E-state index contributed by atoms with van der Waals surface area (Å²) in [5.74, 6) is 0. The largest absolute Gasteiger partial charge is 0.465 e. The van der Waals surface area contributed by atoms with Crippen LogP contribution < -0.4 is 0 Å². The van der Waals surface area contributed by atoms with Gasteiger partial charge in [-0.15, -0.1) is 0 Å². The van der Waals surface area contributed by atoms with Crippen molar-refractivity contribution in [2.75, 3.05) is 13.1 Å². The number of rotatable bonds is 2. The van der Waals surface area contributed by atoms with Crippen LogP contribution in [0.25, 0.3) is 0 Å². The lowest BCUT2D eigenvalue weighted by atomic mass is 9.80. The van der Waals surface area contributed by atoms with Gasteiger partial charge in [0.15, 0.2) is 0 Å². The number of alkyl halides is 3. The second-order valence-electron chi connectivity index (χ2n) is 7.67. The van der Waals surface area contributed by atoms with Gasteiger partial charge in [0.25, 0.3) is 0 Å². The molecule has 1 saturated heterocycles. The lowest BCUT2D eigenvalue weighted by molar-refractivity contribution is -0.137. The quantitative estimate of drug-likeness (QED) is 0.813. The first kappa shape index (κ1) is 21.5. The van der Waals surface area contributed by atoms with Gasteiger partial charge in [-0.25, -0.2) is 13.2 Å². The molecule has 0 spiro atoms. The number of carboxylic acid groups (broad SMARTS) is 1. The number of carbonyl (C=O) groups is 1. The van der Waals surface area contributed by atoms with Gasteiger partial charge in [0.2, 0.25) is 10.0 Å². The van der Waals surface area contributed by atoms with Crippen LogP contribution >= 0.6 is 0 Å². The first-order chi connectivity index (χ1) is 12.2. The standard InChI is InChI=1S/C17H23F3N2O4S/c1-11-14(16(2,3)4)21(15(23)24)9-10-22(11)27(25,26)13-7-5-12(6-8-13)17(18,19)20/h5-8,11,14H,9-10H2,1-4H3,(H,23,24)/t11-,14?/m0/s1. The van der Waals surface area contributed by atoms with Crippen molar-refractivity contribution in [3.05, 3.63) is 29.8 Å². The SMILES string of the molecule is C[C@H]1C(C(C)(C)C)N(C(=O)O)CCN1S(=O)(=O)c1ccc(C(F)(F)F)cc1. The molecule has 1 aliphatic rings. The summed E-state index contributed by atoms with van der Waals surface area (Å²) in [6.45, 7) is 6.99. The van der Waals surface area contributed by atoms with Crippen LogP contribution in [-0.2, 0) is 16.2 Å². The van der Waals surface area contributed by atoms with E-state index >= 15 is 0 Å². The van der Waals surface area contributed by atoms with E-state index in [0.717, 1.165) is 24.3 Å². The maximum absolute atomic E-state index is 13.0. The van der Waals surface area contributed by atoms with Crippen molar-refractivity contribution in [1.82, 2.24) is 9.21 Å². The Hall–Kier alpha value is -1.81. The molecule has 0 aliphatic carbocycles. The summed E-state index contributed by atoms with van der Waals surface area (Å²) >= 11 is 0. The third kappa shape index (κ3) is 4.21. The summed E-state index contributed by atoms with van der Waals surface area (Å²) in [5, 5.41) is 9.45. The monoisotopic (exact) mass is 408 g/mol. The molecule has 1 fully saturated rings. The van der Waals surface area contributed by atoms with E-state index in [1.165, 1.54) is 9.21 Å². The van der Waals surface area contributed by atoms with Crippen molar-refractivity contribution in [3.8, 4) is 0 Å². The van der Waals surface area contributed by atoms with Gasteiger partial charge in [-0.2, -0.15) is 17.5 Å². The molecule has 0 radical (unpaired) electrons. The summed E-state index contributed by atoms with van der Waals surface area (Å²) in [6.07, 6.45) is -5.69. The van der Waals surface area contributed by atoms with Crippen molar-refractivity contribution >= 4 is 16.1 Å². The van der Waals surface area contributed by atoms with E-state index in [4.69, 9.17) is 0 Å². The van der Waals surface area contributed by atoms with Crippen LogP contribution in [0.5, 0.6) is 0 Å². The molecule has 1 unspecified atom stereocenters. The predicted molar refractivity (Wildman–Crippen MR) is 92.8 cm³/mol. The highest BCUT2D eigenvalue weighted by molar-refractivity contribution is 7.89. The Morgan fingerprint density at radius 1 is 1.11 bits per heavy atom. The minimum Gasteiger partial charge on any atom is -0.465 e. The van der Waals surface area contributed by atoms with Crippen LogP contribution in [0.15, 0.2) is 29.2 Å². The molecule has 1 heterocycles. The van der Waals surface area contributed by atoms with Gasteiger partial charge >= 0.3 is 12.3 Å². The minimum absolute atomic E-state index is 0.0124. The zero-order chi connectivity index (χ0) is 20.8. The number of nitrogens with zero attached hydrogens (tertiary/aromatic N) is 2. The average molecular weight is 408 g/mol. The molecule has 0 aromatic heterocycles. The molecule has 1 aromatic carbocycles. The third-order valence-electron chi connectivity index (χ3n) is 4.73. The molecular formula is C17H23F3N2O4S. The van der Waals surface area contributed by atoms with Crippen LogP contribution in [0.3, 0.4) is 0 Å². The molecular weight excluding hydrogens is 385 g/mol. The lowest BCUT2D eigenvalue weighted by Crippen LogP contribution is -2.64. The zero-order valence-electron chi connectivity index (χ0n) is 15.5. The van der Waals surface area contributed by atoms with Gasteiger partial charge in [0.05, 0.1) is 16.5 Å². The summed E-state index contributed by atoms with van der Waals surface area (Å²) < 4.78 is 65.3. The maximum atomic E-state index is 13.0. The molecule has 2 rings (SSSR count). The van der Waals surface area contributed by atoms with E-state index in [9.17, 15) is 31.5 Å². The molecule has 1 N–H and O–H groups in total. The number of sulfonamides is 1. The topological polar surface area (TPSA) is 77.9 Å². The highest BCUT2D eigenvalue weighted by Crippen LogP contribution is 2.35. The molecule has 1 aliphatic heterocycles. The average Bonchev–Trinajstić information content (AvgIpc) is 2.52. The minimum atomic E-state index is -4.56. The van der Waals surface area contributed by atoms with Crippen molar-refractivity contribution in [2.24, 2.45) is 5.41 Å². The Balaban J connectivity index is 2.40. The molecule has 152 valence electrons. The Morgan fingerprint density at radius 2 is 1.63 bits per heavy atom. The summed E-state index contributed by atoms with van der Waals surface area (Å²) in [4.78, 5) is 12.5. The van der Waals surface area contributed by atoms with Gasteiger partial charge in [-0.1, -0.05) is 20.8 Å². The van der Waals surface area contributed by atoms with Gasteiger partial charge in [0, 0.05) is 19.1 Å². The highest BCUT2D eigenvalue weighted by atomic mass is 32.2.